The summed E-state index contributed by atoms with van der Waals surface area (Å²) in [5, 5.41) is 23.1. The third kappa shape index (κ3) is 5.89. The first-order chi connectivity index (χ1) is 18.8. The molecule has 10 nitrogen and oxygen atoms in total. The van der Waals surface area contributed by atoms with E-state index in [1.165, 1.54) is 22.9 Å². The van der Waals surface area contributed by atoms with Gasteiger partial charge in [0, 0.05) is 24.2 Å². The van der Waals surface area contributed by atoms with Gasteiger partial charge in [-0.3, -0.25) is 0 Å². The molecule has 14 heteroatoms. The van der Waals surface area contributed by atoms with Gasteiger partial charge >= 0.3 is 6.18 Å². The smallest absolute Gasteiger partial charge is 0.420 e. The van der Waals surface area contributed by atoms with Crippen LogP contribution < -0.4 is 4.74 Å². The van der Waals surface area contributed by atoms with Crippen LogP contribution >= 0.6 is 0 Å². The Bertz CT molecular complexity index is 1620. The number of ether oxygens (including phenoxy) is 1. The van der Waals surface area contributed by atoms with Gasteiger partial charge in [-0.25, -0.2) is 9.07 Å². The summed E-state index contributed by atoms with van der Waals surface area (Å²) in [6.45, 7) is -0.276. The van der Waals surface area contributed by atoms with Crippen molar-refractivity contribution in [3.63, 3.8) is 0 Å². The van der Waals surface area contributed by atoms with Gasteiger partial charge in [-0.15, -0.1) is 15.3 Å². The molecule has 0 saturated heterocycles. The minimum atomic E-state index is -4.78. The second-order valence-corrected chi connectivity index (χ2v) is 7.97. The van der Waals surface area contributed by atoms with Gasteiger partial charge in [-0.2, -0.15) is 13.2 Å². The highest BCUT2D eigenvalue weighted by Crippen LogP contribution is 2.40. The third-order valence-corrected chi connectivity index (χ3v) is 5.25. The van der Waals surface area contributed by atoms with E-state index in [2.05, 4.69) is 30.9 Å². The predicted octanol–water partition coefficient (Wildman–Crippen LogP) is 5.18. The maximum absolute atomic E-state index is 13.8. The summed E-state index contributed by atoms with van der Waals surface area (Å²) in [5.74, 6) is -1.12. The molecule has 2 heterocycles. The SMILES string of the molecule is Cn1nnnc1/C(=N\OCc1nnc(-c2ccc(Oc3cccc(F)c3)c(C(F)(F)F)c2)o1)c1ccccc1. The van der Waals surface area contributed by atoms with Crippen molar-refractivity contribution in [1.82, 2.24) is 30.4 Å². The minimum absolute atomic E-state index is 0.00805. The molecule has 3 aromatic carbocycles. The fourth-order valence-corrected chi connectivity index (χ4v) is 3.46. The second-order valence-electron chi connectivity index (χ2n) is 7.97. The number of benzene rings is 3. The number of alkyl halides is 3. The highest BCUT2D eigenvalue weighted by Gasteiger charge is 2.35. The third-order valence-electron chi connectivity index (χ3n) is 5.25. The molecule has 198 valence electrons. The molecule has 5 aromatic rings. The Hall–Kier alpha value is -5.14. The fourth-order valence-electron chi connectivity index (χ4n) is 3.46. The molecule has 2 aromatic heterocycles. The normalized spacial score (nSPS) is 12.0. The molecule has 0 saturated carbocycles. The van der Waals surface area contributed by atoms with Crippen LogP contribution in [0.1, 0.15) is 22.8 Å². The summed E-state index contributed by atoms with van der Waals surface area (Å²) in [6.07, 6.45) is -4.78. The Morgan fingerprint density at radius 1 is 0.974 bits per heavy atom. The van der Waals surface area contributed by atoms with Gasteiger partial charge in [0.2, 0.25) is 11.7 Å². The van der Waals surface area contributed by atoms with Crippen molar-refractivity contribution in [3.05, 3.63) is 101 Å². The first-order valence-electron chi connectivity index (χ1n) is 11.2. The highest BCUT2D eigenvalue weighted by atomic mass is 19.4. The van der Waals surface area contributed by atoms with E-state index >= 15 is 0 Å². The maximum Gasteiger partial charge on any atom is 0.420 e. The highest BCUT2D eigenvalue weighted by molar-refractivity contribution is 6.10. The van der Waals surface area contributed by atoms with Crippen LogP contribution in [0, 0.1) is 5.82 Å². The molecule has 0 radical (unpaired) electrons. The molecule has 0 atom stereocenters. The van der Waals surface area contributed by atoms with E-state index in [1.54, 1.807) is 19.2 Å². The lowest BCUT2D eigenvalue weighted by molar-refractivity contribution is -0.138. The number of hydrogen-bond donors (Lipinski definition) is 0. The number of aromatic nitrogens is 6. The van der Waals surface area contributed by atoms with Crippen molar-refractivity contribution in [2.75, 3.05) is 0 Å². The number of aryl methyl sites for hydroxylation is 1. The zero-order valence-electron chi connectivity index (χ0n) is 20.0. The van der Waals surface area contributed by atoms with Crippen molar-refractivity contribution >= 4 is 5.71 Å². The molecule has 0 unspecified atom stereocenters. The zero-order chi connectivity index (χ0) is 27.4. The Labute approximate surface area is 217 Å². The van der Waals surface area contributed by atoms with Crippen LogP contribution in [-0.2, 0) is 24.7 Å². The van der Waals surface area contributed by atoms with Crippen LogP contribution in [0.25, 0.3) is 11.5 Å². The summed E-state index contributed by atoms with van der Waals surface area (Å²) >= 11 is 0. The van der Waals surface area contributed by atoms with Crippen LogP contribution in [0.4, 0.5) is 17.6 Å². The molecule has 0 N–H and O–H groups in total. The lowest BCUT2D eigenvalue weighted by Crippen LogP contribution is -2.12. The topological polar surface area (TPSA) is 113 Å². The van der Waals surface area contributed by atoms with E-state index in [-0.39, 0.29) is 29.7 Å². The van der Waals surface area contributed by atoms with E-state index in [0.29, 0.717) is 17.1 Å². The number of nitrogens with zero attached hydrogens (tertiary/aromatic N) is 7. The first-order valence-corrected chi connectivity index (χ1v) is 11.2. The maximum atomic E-state index is 13.8. The summed E-state index contributed by atoms with van der Waals surface area (Å²) in [5.41, 5.74) is -0.0886. The van der Waals surface area contributed by atoms with E-state index in [4.69, 9.17) is 14.0 Å². The molecule has 0 spiro atoms. The molecular formula is C25H17F4N7O3. The largest absolute Gasteiger partial charge is 0.457 e. The quantitative estimate of drug-likeness (QED) is 0.151. The van der Waals surface area contributed by atoms with E-state index in [9.17, 15) is 17.6 Å². The van der Waals surface area contributed by atoms with Crippen LogP contribution in [0.2, 0.25) is 0 Å². The van der Waals surface area contributed by atoms with Crippen molar-refractivity contribution in [2.24, 2.45) is 12.2 Å². The van der Waals surface area contributed by atoms with Gasteiger partial charge < -0.3 is 14.0 Å². The second kappa shape index (κ2) is 10.7. The zero-order valence-corrected chi connectivity index (χ0v) is 20.0. The average molecular weight is 539 g/mol. The summed E-state index contributed by atoms with van der Waals surface area (Å²) < 4.78 is 67.0. The Morgan fingerprint density at radius 3 is 2.51 bits per heavy atom. The summed E-state index contributed by atoms with van der Waals surface area (Å²) in [7, 11) is 1.64. The standard InChI is InChI=1S/C25H17F4N7O3/c1-36-23(31-34-35-36)22(15-6-3-2-4-7-15)33-37-14-21-30-32-24(39-21)16-10-11-20(19(12-16)25(27,28)29)38-18-9-5-8-17(26)13-18/h2-13H,14H2,1H3/b33-22-. The first kappa shape index (κ1) is 25.5. The van der Waals surface area contributed by atoms with Gasteiger partial charge in [-0.05, 0) is 40.8 Å². The van der Waals surface area contributed by atoms with E-state index in [0.717, 1.165) is 24.3 Å². The molecule has 0 aliphatic heterocycles. The predicted molar refractivity (Wildman–Crippen MR) is 127 cm³/mol. The van der Waals surface area contributed by atoms with Crippen molar-refractivity contribution < 1.29 is 31.6 Å². The molecule has 0 bridgehead atoms. The molecular weight excluding hydrogens is 522 g/mol. The molecule has 5 rings (SSSR count). The number of tetrazole rings is 1. The van der Waals surface area contributed by atoms with Gasteiger partial charge in [-0.1, -0.05) is 41.6 Å². The molecule has 0 fully saturated rings. The lowest BCUT2D eigenvalue weighted by atomic mass is 10.1. The number of oxime groups is 1. The number of hydrogen-bond acceptors (Lipinski definition) is 9. The summed E-state index contributed by atoms with van der Waals surface area (Å²) in [6, 6.07) is 17.0. The van der Waals surface area contributed by atoms with Crippen LogP contribution in [0.5, 0.6) is 11.5 Å². The van der Waals surface area contributed by atoms with Crippen molar-refractivity contribution in [1.29, 1.82) is 0 Å². The van der Waals surface area contributed by atoms with Gasteiger partial charge in [0.05, 0.1) is 5.56 Å². The molecule has 0 aliphatic carbocycles. The van der Waals surface area contributed by atoms with Gasteiger partial charge in [0.1, 0.15) is 17.3 Å². The molecule has 39 heavy (non-hydrogen) atoms. The van der Waals surface area contributed by atoms with E-state index < -0.39 is 23.3 Å². The molecule has 0 amide bonds. The fraction of sp³-hybridized carbons (Fsp3) is 0.120. The van der Waals surface area contributed by atoms with Crippen LogP contribution in [-0.4, -0.2) is 36.1 Å². The van der Waals surface area contributed by atoms with Crippen molar-refractivity contribution in [2.45, 2.75) is 12.8 Å². The molecule has 0 aliphatic rings. The average Bonchev–Trinajstić information content (AvgIpc) is 3.56. The number of rotatable bonds is 8. The van der Waals surface area contributed by atoms with E-state index in [1.807, 2.05) is 18.2 Å². The summed E-state index contributed by atoms with van der Waals surface area (Å²) in [4.78, 5) is 5.39. The lowest BCUT2D eigenvalue weighted by Gasteiger charge is -2.14. The number of halogens is 4. The van der Waals surface area contributed by atoms with Crippen LogP contribution in [0.3, 0.4) is 0 Å². The van der Waals surface area contributed by atoms with Crippen LogP contribution in [0.15, 0.2) is 82.4 Å². The Kier molecular flexibility index (Phi) is 6.99. The van der Waals surface area contributed by atoms with Crippen molar-refractivity contribution in [3.8, 4) is 23.0 Å². The van der Waals surface area contributed by atoms with Gasteiger partial charge in [0.25, 0.3) is 5.89 Å². The Morgan fingerprint density at radius 2 is 1.79 bits per heavy atom. The monoisotopic (exact) mass is 539 g/mol. The van der Waals surface area contributed by atoms with Gasteiger partial charge in [0.15, 0.2) is 12.3 Å². The Balaban J connectivity index is 1.36. The minimum Gasteiger partial charge on any atom is -0.457 e.